The lowest BCUT2D eigenvalue weighted by atomic mass is 9.78. The number of hydrogen-bond donors (Lipinski definition) is 2. The third-order valence-electron chi connectivity index (χ3n) is 3.77. The van der Waals surface area contributed by atoms with Gasteiger partial charge < -0.3 is 15.2 Å². The normalized spacial score (nSPS) is 24.7. The molecule has 1 aliphatic carbocycles. The summed E-state index contributed by atoms with van der Waals surface area (Å²) in [5.74, 6) is -1.89. The maximum Gasteiger partial charge on any atom is 0.307 e. The first-order valence-corrected chi connectivity index (χ1v) is 7.12. The second kappa shape index (κ2) is 8.15. The quantitative estimate of drug-likeness (QED) is 0.740. The third-order valence-corrected chi connectivity index (χ3v) is 3.77. The maximum absolute atomic E-state index is 12.2. The summed E-state index contributed by atoms with van der Waals surface area (Å²) < 4.78 is 5.09. The number of nitrogens with one attached hydrogen (secondary N) is 1. The summed E-state index contributed by atoms with van der Waals surface area (Å²) in [6.45, 7) is 2.53. The summed E-state index contributed by atoms with van der Waals surface area (Å²) in [5.41, 5.74) is 0. The number of carboxylic acids is 1. The number of ether oxygens (including phenoxy) is 1. The summed E-state index contributed by atoms with van der Waals surface area (Å²) in [4.78, 5) is 23.4. The molecule has 0 aliphatic heterocycles. The van der Waals surface area contributed by atoms with Gasteiger partial charge in [-0.05, 0) is 19.3 Å². The minimum absolute atomic E-state index is 0.0149. The van der Waals surface area contributed by atoms with Gasteiger partial charge in [-0.1, -0.05) is 26.2 Å². The van der Waals surface area contributed by atoms with Crippen molar-refractivity contribution in [3.8, 4) is 0 Å². The Balaban J connectivity index is 2.60. The third kappa shape index (κ3) is 4.82. The minimum Gasteiger partial charge on any atom is -0.481 e. The van der Waals surface area contributed by atoms with Crippen molar-refractivity contribution in [2.45, 2.75) is 51.5 Å². The summed E-state index contributed by atoms with van der Waals surface area (Å²) in [6, 6.07) is -0.0149. The van der Waals surface area contributed by atoms with Gasteiger partial charge in [-0.15, -0.1) is 0 Å². The van der Waals surface area contributed by atoms with Crippen LogP contribution in [0.2, 0.25) is 0 Å². The molecule has 19 heavy (non-hydrogen) atoms. The first kappa shape index (κ1) is 16.0. The van der Waals surface area contributed by atoms with Crippen LogP contribution in [-0.4, -0.2) is 36.7 Å². The zero-order valence-electron chi connectivity index (χ0n) is 11.9. The molecule has 0 radical (unpaired) electrons. The standard InChI is InChI=1S/C14H25NO4/c1-3-6-10(9-19-2)15-13(16)11-7-4-5-8-12(11)14(17)18/h10-12H,3-9H2,1-2H3,(H,15,16)(H,17,18). The number of methoxy groups -OCH3 is 1. The molecule has 0 aromatic rings. The van der Waals surface area contributed by atoms with Crippen LogP contribution in [-0.2, 0) is 14.3 Å². The van der Waals surface area contributed by atoms with Crippen molar-refractivity contribution in [2.75, 3.05) is 13.7 Å². The summed E-state index contributed by atoms with van der Waals surface area (Å²) in [7, 11) is 1.61. The Morgan fingerprint density at radius 1 is 1.32 bits per heavy atom. The smallest absolute Gasteiger partial charge is 0.307 e. The van der Waals surface area contributed by atoms with Crippen LogP contribution in [0.4, 0.5) is 0 Å². The van der Waals surface area contributed by atoms with Crippen LogP contribution < -0.4 is 5.32 Å². The maximum atomic E-state index is 12.2. The molecule has 0 spiro atoms. The van der Waals surface area contributed by atoms with Crippen molar-refractivity contribution in [2.24, 2.45) is 11.8 Å². The predicted octanol–water partition coefficient (Wildman–Crippen LogP) is 1.81. The lowest BCUT2D eigenvalue weighted by Crippen LogP contribution is -2.45. The molecule has 1 saturated carbocycles. The van der Waals surface area contributed by atoms with E-state index in [1.54, 1.807) is 7.11 Å². The fourth-order valence-electron chi connectivity index (χ4n) is 2.80. The largest absolute Gasteiger partial charge is 0.481 e. The highest BCUT2D eigenvalue weighted by Crippen LogP contribution is 2.30. The zero-order valence-corrected chi connectivity index (χ0v) is 11.9. The average Bonchev–Trinajstić information content (AvgIpc) is 2.39. The van der Waals surface area contributed by atoms with Crippen LogP contribution in [0.5, 0.6) is 0 Å². The van der Waals surface area contributed by atoms with Gasteiger partial charge in [0, 0.05) is 7.11 Å². The Labute approximate surface area is 114 Å². The molecule has 0 aromatic carbocycles. The molecule has 110 valence electrons. The Kier molecular flexibility index (Phi) is 6.84. The SMILES string of the molecule is CCCC(COC)NC(=O)C1CCCCC1C(=O)O. The molecule has 0 heterocycles. The van der Waals surface area contributed by atoms with Crippen molar-refractivity contribution < 1.29 is 19.4 Å². The van der Waals surface area contributed by atoms with E-state index < -0.39 is 11.9 Å². The van der Waals surface area contributed by atoms with E-state index in [0.29, 0.717) is 19.4 Å². The van der Waals surface area contributed by atoms with Crippen LogP contribution in [0.1, 0.15) is 45.4 Å². The van der Waals surface area contributed by atoms with Crippen LogP contribution >= 0.6 is 0 Å². The second-order valence-corrected chi connectivity index (χ2v) is 5.29. The number of rotatable bonds is 7. The van der Waals surface area contributed by atoms with Crippen LogP contribution in [0.15, 0.2) is 0 Å². The summed E-state index contributed by atoms with van der Waals surface area (Å²) >= 11 is 0. The van der Waals surface area contributed by atoms with E-state index in [0.717, 1.165) is 25.7 Å². The van der Waals surface area contributed by atoms with Crippen LogP contribution in [0.3, 0.4) is 0 Å². The summed E-state index contributed by atoms with van der Waals surface area (Å²) in [5, 5.41) is 12.1. The monoisotopic (exact) mass is 271 g/mol. The fourth-order valence-corrected chi connectivity index (χ4v) is 2.80. The molecular formula is C14H25NO4. The van der Waals surface area contributed by atoms with Crippen LogP contribution in [0, 0.1) is 11.8 Å². The van der Waals surface area contributed by atoms with E-state index in [4.69, 9.17) is 4.74 Å². The van der Waals surface area contributed by atoms with Gasteiger partial charge in [0.25, 0.3) is 0 Å². The topological polar surface area (TPSA) is 75.6 Å². The highest BCUT2D eigenvalue weighted by molar-refractivity contribution is 5.85. The number of carbonyl (C=O) groups is 2. The first-order valence-electron chi connectivity index (χ1n) is 7.12. The molecule has 3 atom stereocenters. The number of amides is 1. The molecule has 1 amide bonds. The van der Waals surface area contributed by atoms with E-state index in [2.05, 4.69) is 12.2 Å². The lowest BCUT2D eigenvalue weighted by molar-refractivity contribution is -0.149. The molecule has 5 heteroatoms. The van der Waals surface area contributed by atoms with Crippen molar-refractivity contribution in [1.82, 2.24) is 5.32 Å². The molecule has 0 bridgehead atoms. The zero-order chi connectivity index (χ0) is 14.3. The Morgan fingerprint density at radius 3 is 2.47 bits per heavy atom. The average molecular weight is 271 g/mol. The molecule has 1 aliphatic rings. The van der Waals surface area contributed by atoms with Gasteiger partial charge in [-0.2, -0.15) is 0 Å². The van der Waals surface area contributed by atoms with E-state index in [1.807, 2.05) is 0 Å². The molecule has 3 unspecified atom stereocenters. The summed E-state index contributed by atoms with van der Waals surface area (Å²) in [6.07, 6.45) is 4.93. The molecule has 0 saturated heterocycles. The van der Waals surface area contributed by atoms with Gasteiger partial charge in [0.1, 0.15) is 0 Å². The second-order valence-electron chi connectivity index (χ2n) is 5.29. The van der Waals surface area contributed by atoms with E-state index in [9.17, 15) is 14.7 Å². The Bertz CT molecular complexity index is 300. The van der Waals surface area contributed by atoms with Gasteiger partial charge >= 0.3 is 5.97 Å². The van der Waals surface area contributed by atoms with E-state index >= 15 is 0 Å². The molecule has 2 N–H and O–H groups in total. The van der Waals surface area contributed by atoms with Gasteiger partial charge in [0.05, 0.1) is 24.5 Å². The van der Waals surface area contributed by atoms with Crippen molar-refractivity contribution in [1.29, 1.82) is 0 Å². The fraction of sp³-hybridized carbons (Fsp3) is 0.857. The van der Waals surface area contributed by atoms with Crippen LogP contribution in [0.25, 0.3) is 0 Å². The van der Waals surface area contributed by atoms with Crippen molar-refractivity contribution in [3.63, 3.8) is 0 Å². The first-order chi connectivity index (χ1) is 9.10. The number of hydrogen-bond acceptors (Lipinski definition) is 3. The molecule has 1 fully saturated rings. The molecule has 5 nitrogen and oxygen atoms in total. The van der Waals surface area contributed by atoms with Gasteiger partial charge in [-0.3, -0.25) is 9.59 Å². The van der Waals surface area contributed by atoms with Crippen molar-refractivity contribution >= 4 is 11.9 Å². The Morgan fingerprint density at radius 2 is 1.95 bits per heavy atom. The lowest BCUT2D eigenvalue weighted by Gasteiger charge is -2.29. The number of aliphatic carboxylic acids is 1. The predicted molar refractivity (Wildman–Crippen MR) is 71.8 cm³/mol. The van der Waals surface area contributed by atoms with Crippen molar-refractivity contribution in [3.05, 3.63) is 0 Å². The van der Waals surface area contributed by atoms with E-state index in [1.165, 1.54) is 0 Å². The number of carboxylic acid groups (broad SMARTS) is 1. The van der Waals surface area contributed by atoms with Gasteiger partial charge in [-0.25, -0.2) is 0 Å². The van der Waals surface area contributed by atoms with Gasteiger partial charge in [0.2, 0.25) is 5.91 Å². The highest BCUT2D eigenvalue weighted by Gasteiger charge is 2.36. The molecule has 1 rings (SSSR count). The highest BCUT2D eigenvalue weighted by atomic mass is 16.5. The van der Waals surface area contributed by atoms with Gasteiger partial charge in [0.15, 0.2) is 0 Å². The number of carbonyl (C=O) groups excluding carboxylic acids is 1. The Hall–Kier alpha value is -1.10. The molecule has 0 aromatic heterocycles. The molecular weight excluding hydrogens is 246 g/mol. The minimum atomic E-state index is -0.848. The van der Waals surface area contributed by atoms with E-state index in [-0.39, 0.29) is 17.9 Å².